The molecule has 2 rings (SSSR count). The van der Waals surface area contributed by atoms with E-state index in [1.54, 1.807) is 48.0 Å². The van der Waals surface area contributed by atoms with Gasteiger partial charge in [-0.15, -0.1) is 0 Å². The van der Waals surface area contributed by atoms with Crippen LogP contribution in [0.4, 0.5) is 10.5 Å². The molecule has 2 N–H and O–H groups in total. The van der Waals surface area contributed by atoms with Gasteiger partial charge in [-0.25, -0.2) is 10.2 Å². The molecule has 0 fully saturated rings. The Kier molecular flexibility index (Phi) is 6.16. The molecule has 8 nitrogen and oxygen atoms in total. The SMILES string of the molecule is CCOC(=O)NNC(=O)c1ccccc1N=C([O-])c1cccn1CC. The van der Waals surface area contributed by atoms with Crippen molar-refractivity contribution in [1.82, 2.24) is 15.4 Å². The number of ether oxygens (including phenoxy) is 1. The molecule has 0 radical (unpaired) electrons. The first-order chi connectivity index (χ1) is 12.1. The maximum absolute atomic E-state index is 12.4. The number of aliphatic imine (C=N–C) groups is 1. The van der Waals surface area contributed by atoms with Gasteiger partial charge in [-0.1, -0.05) is 12.1 Å². The highest BCUT2D eigenvalue weighted by Gasteiger charge is 2.12. The summed E-state index contributed by atoms with van der Waals surface area (Å²) < 4.78 is 6.41. The second-order valence-corrected chi connectivity index (χ2v) is 4.91. The van der Waals surface area contributed by atoms with Crippen LogP contribution in [0.2, 0.25) is 0 Å². The second kappa shape index (κ2) is 8.53. The predicted octanol–water partition coefficient (Wildman–Crippen LogP) is 1.34. The van der Waals surface area contributed by atoms with Crippen LogP contribution in [-0.4, -0.2) is 29.1 Å². The zero-order valence-corrected chi connectivity index (χ0v) is 14.0. The number of aromatic nitrogens is 1. The molecule has 0 bridgehead atoms. The molecule has 0 aliphatic heterocycles. The van der Waals surface area contributed by atoms with Crippen molar-refractivity contribution in [3.63, 3.8) is 0 Å². The van der Waals surface area contributed by atoms with Gasteiger partial charge >= 0.3 is 6.09 Å². The lowest BCUT2D eigenvalue weighted by atomic mass is 10.1. The van der Waals surface area contributed by atoms with Crippen molar-refractivity contribution in [3.05, 3.63) is 53.9 Å². The van der Waals surface area contributed by atoms with Crippen LogP contribution >= 0.6 is 0 Å². The summed E-state index contributed by atoms with van der Waals surface area (Å²) >= 11 is 0. The quantitative estimate of drug-likeness (QED) is 0.485. The topological polar surface area (TPSA) is 108 Å². The van der Waals surface area contributed by atoms with Crippen molar-refractivity contribution in [3.8, 4) is 0 Å². The van der Waals surface area contributed by atoms with E-state index in [9.17, 15) is 14.7 Å². The maximum atomic E-state index is 12.4. The van der Waals surface area contributed by atoms with Crippen LogP contribution in [-0.2, 0) is 11.3 Å². The fourth-order valence-corrected chi connectivity index (χ4v) is 2.16. The smallest absolute Gasteiger partial charge is 0.426 e. The van der Waals surface area contributed by atoms with Crippen molar-refractivity contribution in [1.29, 1.82) is 0 Å². The van der Waals surface area contributed by atoms with Gasteiger partial charge in [0.25, 0.3) is 5.91 Å². The average Bonchev–Trinajstić information content (AvgIpc) is 3.09. The zero-order valence-electron chi connectivity index (χ0n) is 14.0. The first-order valence-corrected chi connectivity index (χ1v) is 7.80. The normalized spacial score (nSPS) is 11.0. The molecule has 1 aromatic heterocycles. The number of nitrogens with zero attached hydrogens (tertiary/aromatic N) is 2. The molecule has 132 valence electrons. The van der Waals surface area contributed by atoms with Crippen molar-refractivity contribution >= 4 is 23.6 Å². The van der Waals surface area contributed by atoms with E-state index in [0.29, 0.717) is 12.2 Å². The maximum Gasteiger partial charge on any atom is 0.426 e. The van der Waals surface area contributed by atoms with Gasteiger partial charge in [0.05, 0.1) is 23.6 Å². The largest absolute Gasteiger partial charge is 0.857 e. The fraction of sp³-hybridized carbons (Fsp3) is 0.235. The summed E-state index contributed by atoms with van der Waals surface area (Å²) in [4.78, 5) is 27.5. The first-order valence-electron chi connectivity index (χ1n) is 7.80. The van der Waals surface area contributed by atoms with E-state index in [1.165, 1.54) is 6.07 Å². The molecule has 25 heavy (non-hydrogen) atoms. The zero-order chi connectivity index (χ0) is 18.2. The second-order valence-electron chi connectivity index (χ2n) is 4.91. The molecule has 0 unspecified atom stereocenters. The number of amides is 2. The number of benzene rings is 1. The molecular weight excluding hydrogens is 324 g/mol. The van der Waals surface area contributed by atoms with Crippen molar-refractivity contribution < 1.29 is 19.4 Å². The fourth-order valence-electron chi connectivity index (χ4n) is 2.16. The Bertz CT molecular complexity index is 782. The minimum atomic E-state index is -0.776. The Morgan fingerprint density at radius 1 is 1.16 bits per heavy atom. The van der Waals surface area contributed by atoms with E-state index in [-0.39, 0.29) is 17.9 Å². The number of carbonyl (C=O) groups is 2. The minimum absolute atomic E-state index is 0.155. The standard InChI is InChI=1S/C17H20N4O4/c1-3-21-11-7-10-14(21)16(23)18-13-9-6-5-8-12(13)15(22)19-20-17(24)25-4-2/h5-11H,3-4H2,1-2H3,(H,18,23)(H,19,22)(H,20,24)/p-1. The molecule has 2 amide bonds. The van der Waals surface area contributed by atoms with E-state index in [1.807, 2.05) is 6.92 Å². The minimum Gasteiger partial charge on any atom is -0.857 e. The number of carbonyl (C=O) groups excluding carboxylic acids is 2. The van der Waals surface area contributed by atoms with Gasteiger partial charge < -0.3 is 14.4 Å². The molecule has 8 heteroatoms. The Morgan fingerprint density at radius 3 is 2.64 bits per heavy atom. The van der Waals surface area contributed by atoms with E-state index >= 15 is 0 Å². The van der Waals surface area contributed by atoms with Crippen LogP contribution in [0.3, 0.4) is 0 Å². The molecule has 1 heterocycles. The monoisotopic (exact) mass is 343 g/mol. The molecule has 0 atom stereocenters. The molecular formula is C17H19N4O4-. The highest BCUT2D eigenvalue weighted by molar-refractivity contribution is 6.01. The number of nitrogens with one attached hydrogen (secondary N) is 2. The Morgan fingerprint density at radius 2 is 1.92 bits per heavy atom. The molecule has 0 aliphatic carbocycles. The van der Waals surface area contributed by atoms with Gasteiger partial charge in [-0.3, -0.25) is 15.2 Å². The third-order valence-electron chi connectivity index (χ3n) is 3.31. The van der Waals surface area contributed by atoms with Crippen molar-refractivity contribution in [2.45, 2.75) is 20.4 Å². The van der Waals surface area contributed by atoms with Crippen molar-refractivity contribution in [2.75, 3.05) is 6.61 Å². The van der Waals surface area contributed by atoms with E-state index in [4.69, 9.17) is 0 Å². The van der Waals surface area contributed by atoms with Crippen LogP contribution < -0.4 is 16.0 Å². The first kappa shape index (κ1) is 18.1. The third-order valence-corrected chi connectivity index (χ3v) is 3.31. The van der Waals surface area contributed by atoms with Crippen LogP contribution in [0.15, 0.2) is 47.6 Å². The number of hydrogen-bond acceptors (Lipinski definition) is 5. The summed E-state index contributed by atoms with van der Waals surface area (Å²) in [5, 5.41) is 12.4. The van der Waals surface area contributed by atoms with Gasteiger partial charge in [-0.05, 0) is 38.1 Å². The Labute approximate surface area is 145 Å². The summed E-state index contributed by atoms with van der Waals surface area (Å²) in [5.74, 6) is -1.06. The highest BCUT2D eigenvalue weighted by atomic mass is 16.5. The molecule has 0 aliphatic rings. The van der Waals surface area contributed by atoms with Crippen LogP contribution in [0, 0.1) is 0 Å². The lowest BCUT2D eigenvalue weighted by Crippen LogP contribution is -2.42. The number of hydrogen-bond donors (Lipinski definition) is 2. The van der Waals surface area contributed by atoms with E-state index in [0.717, 1.165) is 0 Å². The number of hydrazine groups is 1. The lowest BCUT2D eigenvalue weighted by Gasteiger charge is -2.15. The van der Waals surface area contributed by atoms with Gasteiger partial charge in [0.1, 0.15) is 0 Å². The molecule has 0 saturated heterocycles. The highest BCUT2D eigenvalue weighted by Crippen LogP contribution is 2.19. The summed E-state index contributed by atoms with van der Waals surface area (Å²) in [5.41, 5.74) is 5.13. The Balaban J connectivity index is 2.21. The molecule has 2 aromatic rings. The van der Waals surface area contributed by atoms with Crippen molar-refractivity contribution in [2.24, 2.45) is 4.99 Å². The van der Waals surface area contributed by atoms with E-state index < -0.39 is 17.9 Å². The summed E-state index contributed by atoms with van der Waals surface area (Å²) in [7, 11) is 0. The van der Waals surface area contributed by atoms with Crippen LogP contribution in [0.5, 0.6) is 0 Å². The molecule has 0 saturated carbocycles. The Hall–Kier alpha value is -3.29. The number of rotatable bonds is 5. The number of para-hydroxylation sites is 1. The molecule has 0 spiro atoms. The van der Waals surface area contributed by atoms with E-state index in [2.05, 4.69) is 20.6 Å². The van der Waals surface area contributed by atoms with Gasteiger partial charge in [0.15, 0.2) is 0 Å². The average molecular weight is 343 g/mol. The summed E-state index contributed by atoms with van der Waals surface area (Å²) in [6.45, 7) is 4.38. The summed E-state index contributed by atoms with van der Waals surface area (Å²) in [6.07, 6.45) is 1.01. The van der Waals surface area contributed by atoms with Gasteiger partial charge in [-0.2, -0.15) is 0 Å². The van der Waals surface area contributed by atoms with Crippen LogP contribution in [0.25, 0.3) is 0 Å². The third kappa shape index (κ3) is 4.60. The van der Waals surface area contributed by atoms with Gasteiger partial charge in [0, 0.05) is 18.6 Å². The lowest BCUT2D eigenvalue weighted by molar-refractivity contribution is -0.213. The number of aryl methyl sites for hydroxylation is 1. The summed E-state index contributed by atoms with van der Waals surface area (Å²) in [6, 6.07) is 9.79. The predicted molar refractivity (Wildman–Crippen MR) is 90.4 cm³/mol. The van der Waals surface area contributed by atoms with Crippen LogP contribution in [0.1, 0.15) is 29.9 Å². The van der Waals surface area contributed by atoms with Gasteiger partial charge in [0.2, 0.25) is 0 Å². The molecule has 1 aromatic carbocycles.